The van der Waals surface area contributed by atoms with E-state index < -0.39 is 0 Å². The lowest BCUT2D eigenvalue weighted by molar-refractivity contribution is 0.134. The van der Waals surface area contributed by atoms with E-state index in [1.165, 1.54) is 12.8 Å². The second-order valence-electron chi connectivity index (χ2n) is 5.77. The van der Waals surface area contributed by atoms with Crippen molar-refractivity contribution in [2.24, 2.45) is 5.92 Å². The molecule has 0 amide bonds. The Labute approximate surface area is 119 Å². The molecular weight excluding hydrogens is 252 g/mol. The average molecular weight is 274 g/mol. The molecule has 1 fully saturated rings. The van der Waals surface area contributed by atoms with Gasteiger partial charge in [0.1, 0.15) is 5.52 Å². The molecule has 2 aromatic rings. The van der Waals surface area contributed by atoms with Gasteiger partial charge in [-0.2, -0.15) is 5.10 Å². The van der Waals surface area contributed by atoms with Crippen LogP contribution in [0.4, 0.5) is 5.82 Å². The number of hydrogen-bond donors (Lipinski definition) is 1. The van der Waals surface area contributed by atoms with E-state index in [2.05, 4.69) is 35.3 Å². The fraction of sp³-hybridized carbons (Fsp3) is 0.600. The molecule has 0 saturated heterocycles. The molecule has 0 spiro atoms. The Morgan fingerprint density at radius 3 is 3.05 bits per heavy atom. The van der Waals surface area contributed by atoms with Crippen LogP contribution >= 0.6 is 0 Å². The molecule has 5 nitrogen and oxygen atoms in total. The number of aromatic nitrogens is 3. The molecule has 108 valence electrons. The second-order valence-corrected chi connectivity index (χ2v) is 5.77. The van der Waals surface area contributed by atoms with E-state index in [9.17, 15) is 0 Å². The monoisotopic (exact) mass is 274 g/mol. The summed E-state index contributed by atoms with van der Waals surface area (Å²) in [6, 6.07) is 2.10. The summed E-state index contributed by atoms with van der Waals surface area (Å²) in [7, 11) is 0. The minimum atomic E-state index is 0.421. The first-order valence-electron chi connectivity index (χ1n) is 7.40. The fourth-order valence-corrected chi connectivity index (χ4v) is 2.14. The van der Waals surface area contributed by atoms with Crippen molar-refractivity contribution < 1.29 is 4.74 Å². The predicted octanol–water partition coefficient (Wildman–Crippen LogP) is 2.69. The number of nitrogens with one attached hydrogen (secondary N) is 1. The molecule has 2 aromatic heterocycles. The van der Waals surface area contributed by atoms with Crippen LogP contribution in [0.5, 0.6) is 0 Å². The van der Waals surface area contributed by atoms with Gasteiger partial charge in [0.05, 0.1) is 12.3 Å². The van der Waals surface area contributed by atoms with Crippen molar-refractivity contribution in [1.29, 1.82) is 0 Å². The quantitative estimate of drug-likeness (QED) is 0.789. The van der Waals surface area contributed by atoms with Gasteiger partial charge in [-0.25, -0.2) is 9.50 Å². The van der Waals surface area contributed by atoms with E-state index in [-0.39, 0.29) is 0 Å². The van der Waals surface area contributed by atoms with Crippen LogP contribution in [0.3, 0.4) is 0 Å². The van der Waals surface area contributed by atoms with Crippen LogP contribution in [0.1, 0.15) is 38.3 Å². The highest BCUT2D eigenvalue weighted by molar-refractivity contribution is 5.67. The van der Waals surface area contributed by atoms with Gasteiger partial charge in [-0.3, -0.25) is 0 Å². The molecule has 20 heavy (non-hydrogen) atoms. The maximum absolute atomic E-state index is 5.62. The van der Waals surface area contributed by atoms with E-state index in [0.717, 1.165) is 42.7 Å². The second kappa shape index (κ2) is 5.79. The van der Waals surface area contributed by atoms with Crippen LogP contribution in [-0.2, 0) is 4.74 Å². The Morgan fingerprint density at radius 2 is 2.30 bits per heavy atom. The normalized spacial score (nSPS) is 15.2. The Morgan fingerprint density at radius 1 is 1.45 bits per heavy atom. The highest BCUT2D eigenvalue weighted by Crippen LogP contribution is 2.28. The number of rotatable bonds is 7. The van der Waals surface area contributed by atoms with E-state index in [0.29, 0.717) is 5.92 Å². The maximum Gasteiger partial charge on any atom is 0.152 e. The highest BCUT2D eigenvalue weighted by Gasteiger charge is 2.20. The molecule has 0 radical (unpaired) electrons. The Kier molecular flexibility index (Phi) is 3.87. The van der Waals surface area contributed by atoms with E-state index in [1.54, 1.807) is 6.20 Å². The van der Waals surface area contributed by atoms with Gasteiger partial charge in [0, 0.05) is 25.5 Å². The van der Waals surface area contributed by atoms with Gasteiger partial charge >= 0.3 is 0 Å². The van der Waals surface area contributed by atoms with Crippen LogP contribution in [0.15, 0.2) is 18.5 Å². The first-order chi connectivity index (χ1) is 9.74. The third-order valence-corrected chi connectivity index (χ3v) is 3.59. The summed E-state index contributed by atoms with van der Waals surface area (Å²) in [5.41, 5.74) is 2.12. The third-order valence-electron chi connectivity index (χ3n) is 3.59. The molecule has 2 heterocycles. The first-order valence-corrected chi connectivity index (χ1v) is 7.40. The van der Waals surface area contributed by atoms with Crippen molar-refractivity contribution in [2.45, 2.75) is 32.6 Å². The summed E-state index contributed by atoms with van der Waals surface area (Å²) in [6.07, 6.45) is 6.33. The molecule has 1 aliphatic carbocycles. The lowest BCUT2D eigenvalue weighted by atomic mass is 10.1. The SMILES string of the molecule is CC(C)c1cc2c(NCCOCC3CC3)nccn2n1. The molecule has 0 aromatic carbocycles. The summed E-state index contributed by atoms with van der Waals surface area (Å²) in [6.45, 7) is 6.71. The molecule has 1 N–H and O–H groups in total. The maximum atomic E-state index is 5.62. The van der Waals surface area contributed by atoms with Crippen molar-refractivity contribution >= 4 is 11.3 Å². The molecule has 0 unspecified atom stereocenters. The summed E-state index contributed by atoms with van der Waals surface area (Å²) in [5, 5.41) is 7.89. The van der Waals surface area contributed by atoms with Crippen molar-refractivity contribution in [1.82, 2.24) is 14.6 Å². The average Bonchev–Trinajstić information content (AvgIpc) is 3.14. The molecule has 0 atom stereocenters. The first kappa shape index (κ1) is 13.4. The highest BCUT2D eigenvalue weighted by atomic mass is 16.5. The number of fused-ring (bicyclic) bond motifs is 1. The van der Waals surface area contributed by atoms with Crippen LogP contribution < -0.4 is 5.32 Å². The van der Waals surface area contributed by atoms with Gasteiger partial charge in [-0.15, -0.1) is 0 Å². The van der Waals surface area contributed by atoms with Gasteiger partial charge in [0.2, 0.25) is 0 Å². The van der Waals surface area contributed by atoms with E-state index >= 15 is 0 Å². The molecule has 1 aliphatic rings. The molecular formula is C15H22N4O. The van der Waals surface area contributed by atoms with Gasteiger partial charge in [-0.1, -0.05) is 13.8 Å². The van der Waals surface area contributed by atoms with Crippen molar-refractivity contribution in [3.8, 4) is 0 Å². The lowest BCUT2D eigenvalue weighted by Gasteiger charge is -2.07. The minimum absolute atomic E-state index is 0.421. The molecule has 0 aliphatic heterocycles. The predicted molar refractivity (Wildman–Crippen MR) is 79.1 cm³/mol. The fourth-order valence-electron chi connectivity index (χ4n) is 2.14. The Balaban J connectivity index is 1.61. The zero-order valence-electron chi connectivity index (χ0n) is 12.2. The number of ether oxygens (including phenoxy) is 1. The summed E-state index contributed by atoms with van der Waals surface area (Å²) >= 11 is 0. The van der Waals surface area contributed by atoms with Crippen LogP contribution in [0.2, 0.25) is 0 Å². The van der Waals surface area contributed by atoms with Gasteiger partial charge in [0.25, 0.3) is 0 Å². The van der Waals surface area contributed by atoms with Crippen LogP contribution in [0, 0.1) is 5.92 Å². The zero-order valence-corrected chi connectivity index (χ0v) is 12.2. The topological polar surface area (TPSA) is 51.5 Å². The summed E-state index contributed by atoms with van der Waals surface area (Å²) in [5.74, 6) is 2.12. The number of anilines is 1. The summed E-state index contributed by atoms with van der Waals surface area (Å²) < 4.78 is 7.51. The van der Waals surface area contributed by atoms with E-state index in [4.69, 9.17) is 4.74 Å². The zero-order chi connectivity index (χ0) is 13.9. The minimum Gasteiger partial charge on any atom is -0.379 e. The van der Waals surface area contributed by atoms with Gasteiger partial charge in [0.15, 0.2) is 5.82 Å². The largest absolute Gasteiger partial charge is 0.379 e. The van der Waals surface area contributed by atoms with Crippen molar-refractivity contribution in [3.05, 3.63) is 24.2 Å². The third kappa shape index (κ3) is 3.10. The lowest BCUT2D eigenvalue weighted by Crippen LogP contribution is -2.12. The standard InChI is InChI=1S/C15H22N4O/c1-11(2)13-9-14-15(16-5-7-19(14)18-13)17-6-8-20-10-12-3-4-12/h5,7,9,11-12H,3-4,6,8,10H2,1-2H3,(H,16,17). The molecule has 5 heteroatoms. The summed E-state index contributed by atoms with van der Waals surface area (Å²) in [4.78, 5) is 4.40. The van der Waals surface area contributed by atoms with Crippen molar-refractivity contribution in [2.75, 3.05) is 25.1 Å². The Bertz CT molecular complexity index is 574. The van der Waals surface area contributed by atoms with Gasteiger partial charge in [-0.05, 0) is 30.7 Å². The van der Waals surface area contributed by atoms with E-state index in [1.807, 2.05) is 10.7 Å². The smallest absolute Gasteiger partial charge is 0.152 e. The molecule has 0 bridgehead atoms. The number of nitrogens with zero attached hydrogens (tertiary/aromatic N) is 3. The molecule has 1 saturated carbocycles. The molecule has 3 rings (SSSR count). The van der Waals surface area contributed by atoms with Crippen LogP contribution in [-0.4, -0.2) is 34.4 Å². The Hall–Kier alpha value is -1.62. The van der Waals surface area contributed by atoms with Gasteiger partial charge < -0.3 is 10.1 Å². The van der Waals surface area contributed by atoms with Crippen molar-refractivity contribution in [3.63, 3.8) is 0 Å². The number of hydrogen-bond acceptors (Lipinski definition) is 4. The van der Waals surface area contributed by atoms with Crippen LogP contribution in [0.25, 0.3) is 5.52 Å².